The van der Waals surface area contributed by atoms with Gasteiger partial charge in [-0.1, -0.05) is 0 Å². The number of methoxy groups -OCH3 is 2. The zero-order valence-electron chi connectivity index (χ0n) is 11.6. The molecule has 0 spiro atoms. The van der Waals surface area contributed by atoms with Crippen molar-refractivity contribution < 1.29 is 19.1 Å². The smallest absolute Gasteiger partial charge is 0.256 e. The number of nitrogen functional groups attached to an aromatic ring is 1. The lowest BCUT2D eigenvalue weighted by molar-refractivity contribution is -0.120. The number of amides is 1. The first-order valence-electron chi connectivity index (χ1n) is 6.39. The number of hydrogen-bond donors (Lipinski definition) is 1. The first-order valence-corrected chi connectivity index (χ1v) is 6.39. The van der Waals surface area contributed by atoms with Crippen LogP contribution in [0.25, 0.3) is 0 Å². The fraction of sp³-hybridized carbons (Fsp3) is 0.429. The molecule has 108 valence electrons. The molecular formula is C14H18N2O4. The van der Waals surface area contributed by atoms with E-state index in [0.29, 0.717) is 48.7 Å². The van der Waals surface area contributed by atoms with Gasteiger partial charge in [-0.2, -0.15) is 0 Å². The van der Waals surface area contributed by atoms with Crippen molar-refractivity contribution in [3.8, 4) is 11.5 Å². The molecule has 20 heavy (non-hydrogen) atoms. The van der Waals surface area contributed by atoms with Crippen molar-refractivity contribution in [3.63, 3.8) is 0 Å². The fourth-order valence-electron chi connectivity index (χ4n) is 2.21. The Morgan fingerprint density at radius 2 is 1.70 bits per heavy atom. The molecule has 0 bridgehead atoms. The van der Waals surface area contributed by atoms with Gasteiger partial charge in [-0.05, 0) is 6.07 Å². The summed E-state index contributed by atoms with van der Waals surface area (Å²) in [6.07, 6.45) is 0.803. The van der Waals surface area contributed by atoms with Gasteiger partial charge in [-0.25, -0.2) is 0 Å². The average molecular weight is 278 g/mol. The molecule has 1 amide bonds. The molecule has 1 saturated heterocycles. The molecular weight excluding hydrogens is 260 g/mol. The zero-order valence-corrected chi connectivity index (χ0v) is 11.6. The number of likely N-dealkylation sites (tertiary alicyclic amines) is 1. The quantitative estimate of drug-likeness (QED) is 0.837. The van der Waals surface area contributed by atoms with Crippen LogP contribution in [0.3, 0.4) is 0 Å². The Morgan fingerprint density at radius 1 is 1.15 bits per heavy atom. The largest absolute Gasteiger partial charge is 0.493 e. The summed E-state index contributed by atoms with van der Waals surface area (Å²) in [5.74, 6) is 0.943. The van der Waals surface area contributed by atoms with E-state index < -0.39 is 0 Å². The maximum Gasteiger partial charge on any atom is 0.256 e. The molecule has 1 aliphatic heterocycles. The maximum atomic E-state index is 12.4. The Hall–Kier alpha value is -2.24. The Kier molecular flexibility index (Phi) is 4.12. The number of ketones is 1. The number of carbonyl (C=O) groups is 2. The molecule has 2 N–H and O–H groups in total. The Labute approximate surface area is 117 Å². The number of hydrogen-bond acceptors (Lipinski definition) is 5. The summed E-state index contributed by atoms with van der Waals surface area (Å²) in [4.78, 5) is 25.3. The number of benzene rings is 1. The summed E-state index contributed by atoms with van der Waals surface area (Å²) >= 11 is 0. The van der Waals surface area contributed by atoms with Crippen molar-refractivity contribution >= 4 is 17.4 Å². The predicted molar refractivity (Wildman–Crippen MR) is 74.1 cm³/mol. The molecule has 1 aliphatic rings. The van der Waals surface area contributed by atoms with Gasteiger partial charge in [-0.3, -0.25) is 9.59 Å². The van der Waals surface area contributed by atoms with Crippen LogP contribution >= 0.6 is 0 Å². The van der Waals surface area contributed by atoms with Gasteiger partial charge in [-0.15, -0.1) is 0 Å². The fourth-order valence-corrected chi connectivity index (χ4v) is 2.21. The highest BCUT2D eigenvalue weighted by molar-refractivity contribution is 6.00. The van der Waals surface area contributed by atoms with E-state index in [9.17, 15) is 9.59 Å². The second-order valence-corrected chi connectivity index (χ2v) is 4.63. The van der Waals surface area contributed by atoms with Crippen molar-refractivity contribution in [2.24, 2.45) is 0 Å². The summed E-state index contributed by atoms with van der Waals surface area (Å²) in [5, 5.41) is 0. The van der Waals surface area contributed by atoms with E-state index in [2.05, 4.69) is 0 Å². The third-order valence-corrected chi connectivity index (χ3v) is 3.39. The molecule has 0 saturated carbocycles. The summed E-state index contributed by atoms with van der Waals surface area (Å²) in [7, 11) is 3.01. The molecule has 6 nitrogen and oxygen atoms in total. The monoisotopic (exact) mass is 278 g/mol. The molecule has 0 aliphatic carbocycles. The zero-order chi connectivity index (χ0) is 14.7. The first-order chi connectivity index (χ1) is 9.56. The van der Waals surface area contributed by atoms with Crippen LogP contribution in [0.2, 0.25) is 0 Å². The number of Topliss-reactive ketones (excluding diaryl/α,β-unsaturated/α-hetero) is 1. The lowest BCUT2D eigenvalue weighted by Crippen LogP contribution is -2.38. The van der Waals surface area contributed by atoms with Crippen LogP contribution in [0.4, 0.5) is 5.69 Å². The van der Waals surface area contributed by atoms with E-state index in [0.717, 1.165) is 0 Å². The van der Waals surface area contributed by atoms with Gasteiger partial charge in [0.1, 0.15) is 5.78 Å². The SMILES string of the molecule is COc1cc(N)c(C(=O)N2CCC(=O)CC2)cc1OC. The van der Waals surface area contributed by atoms with Gasteiger partial charge in [0.25, 0.3) is 5.91 Å². The Morgan fingerprint density at radius 3 is 2.25 bits per heavy atom. The van der Waals surface area contributed by atoms with Gasteiger partial charge in [0.2, 0.25) is 0 Å². The normalized spacial score (nSPS) is 15.1. The summed E-state index contributed by atoms with van der Waals surface area (Å²) in [5.41, 5.74) is 6.62. The van der Waals surface area contributed by atoms with Crippen LogP contribution in [0.5, 0.6) is 11.5 Å². The number of nitrogens with zero attached hydrogens (tertiary/aromatic N) is 1. The van der Waals surface area contributed by atoms with Gasteiger partial charge in [0.15, 0.2) is 11.5 Å². The van der Waals surface area contributed by atoms with E-state index in [-0.39, 0.29) is 11.7 Å². The topological polar surface area (TPSA) is 81.9 Å². The summed E-state index contributed by atoms with van der Waals surface area (Å²) in [6, 6.07) is 3.15. The second kappa shape index (κ2) is 5.81. The van der Waals surface area contributed by atoms with E-state index >= 15 is 0 Å². The minimum absolute atomic E-state index is 0.184. The number of piperidine rings is 1. The lowest BCUT2D eigenvalue weighted by Gasteiger charge is -2.26. The average Bonchev–Trinajstić information content (AvgIpc) is 2.47. The third-order valence-electron chi connectivity index (χ3n) is 3.39. The van der Waals surface area contributed by atoms with E-state index in [1.165, 1.54) is 14.2 Å². The molecule has 1 heterocycles. The maximum absolute atomic E-state index is 12.4. The highest BCUT2D eigenvalue weighted by Gasteiger charge is 2.24. The van der Waals surface area contributed by atoms with Crippen molar-refractivity contribution in [2.45, 2.75) is 12.8 Å². The second-order valence-electron chi connectivity index (χ2n) is 4.63. The molecule has 0 unspecified atom stereocenters. The number of carbonyl (C=O) groups excluding carboxylic acids is 2. The van der Waals surface area contributed by atoms with Crippen LogP contribution in [-0.4, -0.2) is 43.9 Å². The molecule has 0 radical (unpaired) electrons. The molecule has 1 fully saturated rings. The van der Waals surface area contributed by atoms with Crippen LogP contribution < -0.4 is 15.2 Å². The van der Waals surface area contributed by atoms with Crippen molar-refractivity contribution in [3.05, 3.63) is 17.7 Å². The first kappa shape index (κ1) is 14.2. The van der Waals surface area contributed by atoms with E-state index in [1.807, 2.05) is 0 Å². The molecule has 2 rings (SSSR count). The van der Waals surface area contributed by atoms with Gasteiger partial charge in [0.05, 0.1) is 19.8 Å². The van der Waals surface area contributed by atoms with E-state index in [1.54, 1.807) is 17.0 Å². The van der Waals surface area contributed by atoms with E-state index in [4.69, 9.17) is 15.2 Å². The number of rotatable bonds is 3. The molecule has 0 aromatic heterocycles. The number of anilines is 1. The van der Waals surface area contributed by atoms with Crippen molar-refractivity contribution in [1.29, 1.82) is 0 Å². The Bertz CT molecular complexity index is 532. The molecule has 0 atom stereocenters. The highest BCUT2D eigenvalue weighted by atomic mass is 16.5. The van der Waals surface area contributed by atoms with Gasteiger partial charge in [0, 0.05) is 37.7 Å². The summed E-state index contributed by atoms with van der Waals surface area (Å²) in [6.45, 7) is 0.872. The number of nitrogens with two attached hydrogens (primary N) is 1. The summed E-state index contributed by atoms with van der Waals surface area (Å²) < 4.78 is 10.3. The minimum atomic E-state index is -0.184. The molecule has 1 aromatic carbocycles. The Balaban J connectivity index is 2.27. The molecule has 6 heteroatoms. The third kappa shape index (κ3) is 2.68. The number of ether oxygens (including phenoxy) is 2. The predicted octanol–water partition coefficient (Wildman–Crippen LogP) is 1.09. The highest BCUT2D eigenvalue weighted by Crippen LogP contribution is 2.32. The van der Waals surface area contributed by atoms with Crippen molar-refractivity contribution in [2.75, 3.05) is 33.0 Å². The van der Waals surface area contributed by atoms with Gasteiger partial charge < -0.3 is 20.1 Å². The van der Waals surface area contributed by atoms with Crippen molar-refractivity contribution in [1.82, 2.24) is 4.90 Å². The standard InChI is InChI=1S/C14H18N2O4/c1-19-12-7-10(11(15)8-13(12)20-2)14(18)16-5-3-9(17)4-6-16/h7-8H,3-6,15H2,1-2H3. The van der Waals surface area contributed by atoms with Crippen LogP contribution in [0, 0.1) is 0 Å². The van der Waals surface area contributed by atoms with Crippen LogP contribution in [0.15, 0.2) is 12.1 Å². The van der Waals surface area contributed by atoms with Crippen LogP contribution in [-0.2, 0) is 4.79 Å². The molecule has 1 aromatic rings. The van der Waals surface area contributed by atoms with Crippen LogP contribution in [0.1, 0.15) is 23.2 Å². The minimum Gasteiger partial charge on any atom is -0.493 e. The van der Waals surface area contributed by atoms with Gasteiger partial charge >= 0.3 is 0 Å². The lowest BCUT2D eigenvalue weighted by atomic mass is 10.1.